The molecule has 0 fully saturated rings. The van der Waals surface area contributed by atoms with Crippen LogP contribution in [-0.2, 0) is 6.18 Å². The summed E-state index contributed by atoms with van der Waals surface area (Å²) in [6.45, 7) is 3.14. The SMILES string of the molecule is Cc1ncc(C(=O)NC(=O)c2cnccc2C(F)(F)F)c(C)n1. The second-order valence-electron chi connectivity index (χ2n) is 4.62. The van der Waals surface area contributed by atoms with Gasteiger partial charge in [-0.2, -0.15) is 13.2 Å². The maximum absolute atomic E-state index is 12.9. The second-order valence-corrected chi connectivity index (χ2v) is 4.62. The molecule has 6 nitrogen and oxygen atoms in total. The number of nitrogens with one attached hydrogen (secondary N) is 1. The molecule has 0 aliphatic carbocycles. The molecule has 0 aromatic carbocycles. The number of amides is 2. The van der Waals surface area contributed by atoms with E-state index in [9.17, 15) is 22.8 Å². The molecule has 2 rings (SSSR count). The van der Waals surface area contributed by atoms with E-state index in [1.807, 2.05) is 5.32 Å². The molecular weight excluding hydrogens is 313 g/mol. The zero-order valence-corrected chi connectivity index (χ0v) is 12.1. The van der Waals surface area contributed by atoms with Gasteiger partial charge in [0.05, 0.1) is 22.4 Å². The van der Waals surface area contributed by atoms with Crippen LogP contribution in [0.3, 0.4) is 0 Å². The third-order valence-corrected chi connectivity index (χ3v) is 2.94. The van der Waals surface area contributed by atoms with Crippen molar-refractivity contribution in [2.75, 3.05) is 0 Å². The number of alkyl halides is 3. The van der Waals surface area contributed by atoms with E-state index in [2.05, 4.69) is 15.0 Å². The molecule has 0 aliphatic heterocycles. The Morgan fingerprint density at radius 1 is 1.09 bits per heavy atom. The lowest BCUT2D eigenvalue weighted by molar-refractivity contribution is -0.138. The maximum Gasteiger partial charge on any atom is 0.417 e. The van der Waals surface area contributed by atoms with E-state index in [1.165, 1.54) is 13.1 Å². The average molecular weight is 324 g/mol. The molecule has 2 aromatic heterocycles. The number of aryl methyl sites for hydroxylation is 2. The lowest BCUT2D eigenvalue weighted by Gasteiger charge is -2.12. The highest BCUT2D eigenvalue weighted by Crippen LogP contribution is 2.31. The van der Waals surface area contributed by atoms with Crippen LogP contribution in [0.2, 0.25) is 0 Å². The van der Waals surface area contributed by atoms with E-state index in [0.717, 1.165) is 12.4 Å². The van der Waals surface area contributed by atoms with Crippen molar-refractivity contribution in [3.05, 3.63) is 52.9 Å². The number of nitrogens with zero attached hydrogens (tertiary/aromatic N) is 3. The summed E-state index contributed by atoms with van der Waals surface area (Å²) < 4.78 is 38.6. The van der Waals surface area contributed by atoms with Gasteiger partial charge in [0.25, 0.3) is 11.8 Å². The number of aromatic nitrogens is 3. The second kappa shape index (κ2) is 6.11. The molecule has 0 spiro atoms. The molecule has 1 N–H and O–H groups in total. The van der Waals surface area contributed by atoms with E-state index in [4.69, 9.17) is 0 Å². The van der Waals surface area contributed by atoms with Crippen LogP contribution in [-0.4, -0.2) is 26.8 Å². The summed E-state index contributed by atoms with van der Waals surface area (Å²) in [6, 6.07) is 0.666. The quantitative estimate of drug-likeness (QED) is 0.855. The fourth-order valence-electron chi connectivity index (χ4n) is 1.87. The molecule has 9 heteroatoms. The van der Waals surface area contributed by atoms with Crippen LogP contribution in [0.15, 0.2) is 24.7 Å². The molecule has 0 saturated carbocycles. The van der Waals surface area contributed by atoms with Crippen LogP contribution in [0.4, 0.5) is 13.2 Å². The van der Waals surface area contributed by atoms with Gasteiger partial charge in [-0.15, -0.1) is 0 Å². The standard InChI is InChI=1S/C14H11F3N4O2/c1-7-9(6-19-8(2)20-7)12(22)21-13(23)10-5-18-4-3-11(10)14(15,16)17/h3-6H,1-2H3,(H,21,22,23). The van der Waals surface area contributed by atoms with E-state index in [0.29, 0.717) is 17.6 Å². The summed E-state index contributed by atoms with van der Waals surface area (Å²) in [6.07, 6.45) is -1.86. The molecule has 0 aliphatic rings. The number of carbonyl (C=O) groups is 2. The van der Waals surface area contributed by atoms with E-state index in [1.54, 1.807) is 6.92 Å². The van der Waals surface area contributed by atoms with E-state index < -0.39 is 29.1 Å². The first kappa shape index (κ1) is 16.5. The van der Waals surface area contributed by atoms with Gasteiger partial charge in [0, 0.05) is 18.6 Å². The van der Waals surface area contributed by atoms with Gasteiger partial charge in [0.1, 0.15) is 5.82 Å². The van der Waals surface area contributed by atoms with Crippen molar-refractivity contribution in [2.24, 2.45) is 0 Å². The lowest BCUT2D eigenvalue weighted by Crippen LogP contribution is -2.33. The minimum Gasteiger partial charge on any atom is -0.288 e. The van der Waals surface area contributed by atoms with Crippen molar-refractivity contribution < 1.29 is 22.8 Å². The third kappa shape index (κ3) is 3.68. The summed E-state index contributed by atoms with van der Waals surface area (Å²) >= 11 is 0. The van der Waals surface area contributed by atoms with Gasteiger partial charge in [-0.3, -0.25) is 19.9 Å². The summed E-state index contributed by atoms with van der Waals surface area (Å²) in [5.74, 6) is -1.66. The van der Waals surface area contributed by atoms with Crippen molar-refractivity contribution in [3.63, 3.8) is 0 Å². The van der Waals surface area contributed by atoms with Gasteiger partial charge >= 0.3 is 6.18 Å². The summed E-state index contributed by atoms with van der Waals surface area (Å²) in [5, 5.41) is 1.89. The van der Waals surface area contributed by atoms with Crippen LogP contribution < -0.4 is 5.32 Å². The first-order chi connectivity index (χ1) is 10.7. The molecule has 0 atom stereocenters. The summed E-state index contributed by atoms with van der Waals surface area (Å²) in [4.78, 5) is 35.2. The fraction of sp³-hybridized carbons (Fsp3) is 0.214. The van der Waals surface area contributed by atoms with E-state index >= 15 is 0 Å². The predicted molar refractivity (Wildman–Crippen MR) is 72.5 cm³/mol. The van der Waals surface area contributed by atoms with Gasteiger partial charge in [-0.25, -0.2) is 9.97 Å². The minimum absolute atomic E-state index is 0.00130. The predicted octanol–water partition coefficient (Wildman–Crippen LogP) is 2.08. The van der Waals surface area contributed by atoms with Crippen molar-refractivity contribution >= 4 is 11.8 Å². The number of pyridine rings is 1. The molecule has 0 radical (unpaired) electrons. The van der Waals surface area contributed by atoms with Gasteiger partial charge < -0.3 is 0 Å². The zero-order valence-electron chi connectivity index (χ0n) is 12.1. The lowest BCUT2D eigenvalue weighted by atomic mass is 10.1. The Bertz CT molecular complexity index is 775. The third-order valence-electron chi connectivity index (χ3n) is 2.94. The number of carbonyl (C=O) groups excluding carboxylic acids is 2. The Morgan fingerprint density at radius 3 is 2.35 bits per heavy atom. The number of hydrogen-bond acceptors (Lipinski definition) is 5. The molecule has 120 valence electrons. The van der Waals surface area contributed by atoms with Gasteiger partial charge in [0.2, 0.25) is 0 Å². The number of rotatable bonds is 2. The Kier molecular flexibility index (Phi) is 4.39. The number of imide groups is 1. The van der Waals surface area contributed by atoms with Gasteiger partial charge in [-0.05, 0) is 19.9 Å². The smallest absolute Gasteiger partial charge is 0.288 e. The molecule has 0 unspecified atom stereocenters. The topological polar surface area (TPSA) is 84.8 Å². The molecule has 2 amide bonds. The first-order valence-electron chi connectivity index (χ1n) is 6.37. The van der Waals surface area contributed by atoms with E-state index in [-0.39, 0.29) is 5.56 Å². The Balaban J connectivity index is 2.28. The van der Waals surface area contributed by atoms with Crippen molar-refractivity contribution in [2.45, 2.75) is 20.0 Å². The highest BCUT2D eigenvalue weighted by molar-refractivity contribution is 6.11. The normalized spacial score (nSPS) is 11.2. The van der Waals surface area contributed by atoms with Crippen molar-refractivity contribution in [3.8, 4) is 0 Å². The molecule has 23 heavy (non-hydrogen) atoms. The summed E-state index contributed by atoms with van der Waals surface area (Å²) in [7, 11) is 0. The van der Waals surface area contributed by atoms with Crippen LogP contribution in [0, 0.1) is 13.8 Å². The Labute approximate surface area is 128 Å². The van der Waals surface area contributed by atoms with Gasteiger partial charge in [-0.1, -0.05) is 0 Å². The first-order valence-corrected chi connectivity index (χ1v) is 6.37. The van der Waals surface area contributed by atoms with Crippen LogP contribution >= 0.6 is 0 Å². The monoisotopic (exact) mass is 324 g/mol. The Morgan fingerprint density at radius 2 is 1.74 bits per heavy atom. The number of hydrogen-bond donors (Lipinski definition) is 1. The molecule has 2 aromatic rings. The number of halogens is 3. The minimum atomic E-state index is -4.73. The molecule has 0 saturated heterocycles. The van der Waals surface area contributed by atoms with Crippen LogP contribution in [0.25, 0.3) is 0 Å². The zero-order chi connectivity index (χ0) is 17.2. The largest absolute Gasteiger partial charge is 0.417 e. The Hall–Kier alpha value is -2.84. The van der Waals surface area contributed by atoms with Crippen molar-refractivity contribution in [1.82, 2.24) is 20.3 Å². The molecule has 2 heterocycles. The maximum atomic E-state index is 12.9. The van der Waals surface area contributed by atoms with Crippen molar-refractivity contribution in [1.29, 1.82) is 0 Å². The highest BCUT2D eigenvalue weighted by atomic mass is 19.4. The summed E-state index contributed by atoms with van der Waals surface area (Å²) in [5.41, 5.74) is -1.60. The average Bonchev–Trinajstić information content (AvgIpc) is 2.46. The molecule has 0 bridgehead atoms. The van der Waals surface area contributed by atoms with Crippen LogP contribution in [0.5, 0.6) is 0 Å². The van der Waals surface area contributed by atoms with Crippen LogP contribution in [0.1, 0.15) is 37.8 Å². The fourth-order valence-corrected chi connectivity index (χ4v) is 1.87. The highest BCUT2D eigenvalue weighted by Gasteiger charge is 2.35. The molecular formula is C14H11F3N4O2. The van der Waals surface area contributed by atoms with Gasteiger partial charge in [0.15, 0.2) is 0 Å².